The highest BCUT2D eigenvalue weighted by Gasteiger charge is 1.99. The molecule has 0 aliphatic rings. The summed E-state index contributed by atoms with van der Waals surface area (Å²) in [6, 6.07) is 12.0. The Bertz CT molecular complexity index is 499. The zero-order valence-corrected chi connectivity index (χ0v) is 11.8. The van der Waals surface area contributed by atoms with Crippen LogP contribution in [-0.4, -0.2) is 11.5 Å². The minimum absolute atomic E-state index is 0.770. The number of aromatic nitrogens is 1. The maximum absolute atomic E-state index is 5.85. The van der Waals surface area contributed by atoms with Crippen molar-refractivity contribution in [2.75, 3.05) is 11.9 Å². The minimum atomic E-state index is 0.770. The van der Waals surface area contributed by atoms with E-state index in [2.05, 4.69) is 23.3 Å². The van der Waals surface area contributed by atoms with Crippen LogP contribution in [0.5, 0.6) is 0 Å². The van der Waals surface area contributed by atoms with Gasteiger partial charge in [-0.05, 0) is 43.3 Å². The van der Waals surface area contributed by atoms with E-state index < -0.39 is 0 Å². The van der Waals surface area contributed by atoms with E-state index in [1.165, 1.54) is 4.90 Å². The van der Waals surface area contributed by atoms with Crippen LogP contribution in [0, 0.1) is 0 Å². The Kier molecular flexibility index (Phi) is 4.90. The average molecular weight is 279 g/mol. The summed E-state index contributed by atoms with van der Waals surface area (Å²) in [7, 11) is 0. The molecule has 1 heterocycles. The van der Waals surface area contributed by atoms with E-state index >= 15 is 0 Å². The van der Waals surface area contributed by atoms with E-state index in [-0.39, 0.29) is 0 Å². The third kappa shape index (κ3) is 3.93. The molecule has 4 heteroatoms. The Morgan fingerprint density at radius 1 is 1.22 bits per heavy atom. The maximum atomic E-state index is 5.85. The third-order valence-electron chi connectivity index (χ3n) is 2.40. The number of rotatable bonds is 5. The largest absolute Gasteiger partial charge is 0.385 e. The molecule has 0 saturated carbocycles. The molecule has 0 unspecified atom stereocenters. The van der Waals surface area contributed by atoms with Gasteiger partial charge in [-0.25, -0.2) is 0 Å². The number of hydrogen-bond acceptors (Lipinski definition) is 3. The highest BCUT2D eigenvalue weighted by atomic mass is 35.5. The molecule has 0 aliphatic carbocycles. The molecule has 0 bridgehead atoms. The van der Waals surface area contributed by atoms with Gasteiger partial charge in [-0.3, -0.25) is 4.98 Å². The third-order valence-corrected chi connectivity index (χ3v) is 3.70. The van der Waals surface area contributed by atoms with Crippen molar-refractivity contribution in [2.24, 2.45) is 0 Å². The second-order valence-corrected chi connectivity index (χ2v) is 5.29. The van der Waals surface area contributed by atoms with Gasteiger partial charge in [-0.15, -0.1) is 11.8 Å². The summed E-state index contributed by atoms with van der Waals surface area (Å²) in [5, 5.41) is 4.06. The first kappa shape index (κ1) is 13.2. The molecule has 18 heavy (non-hydrogen) atoms. The number of nitrogens with zero attached hydrogens (tertiary/aromatic N) is 1. The predicted octanol–water partition coefficient (Wildman–Crippen LogP) is 4.46. The lowest BCUT2D eigenvalue weighted by molar-refractivity contribution is 1.15. The number of benzene rings is 1. The van der Waals surface area contributed by atoms with Crippen molar-refractivity contribution in [2.45, 2.75) is 17.6 Å². The quantitative estimate of drug-likeness (QED) is 0.818. The first-order valence-corrected chi connectivity index (χ1v) is 7.21. The topological polar surface area (TPSA) is 24.9 Å². The molecule has 0 fully saturated rings. The van der Waals surface area contributed by atoms with Crippen molar-refractivity contribution in [1.29, 1.82) is 0 Å². The van der Waals surface area contributed by atoms with Crippen LogP contribution in [0.4, 0.5) is 5.69 Å². The summed E-state index contributed by atoms with van der Waals surface area (Å²) in [6.45, 7) is 3.01. The molecule has 0 spiro atoms. The normalized spacial score (nSPS) is 10.3. The molecular formula is C14H15ClN2S. The van der Waals surface area contributed by atoms with Crippen LogP contribution in [0.25, 0.3) is 0 Å². The Hall–Kier alpha value is -1.19. The summed E-state index contributed by atoms with van der Waals surface area (Å²) in [5.74, 6) is 0.862. The predicted molar refractivity (Wildman–Crippen MR) is 79.4 cm³/mol. The van der Waals surface area contributed by atoms with Crippen LogP contribution in [0.15, 0.2) is 47.5 Å². The molecule has 0 radical (unpaired) electrons. The van der Waals surface area contributed by atoms with Gasteiger partial charge in [0.25, 0.3) is 0 Å². The summed E-state index contributed by atoms with van der Waals surface area (Å²) >= 11 is 7.61. The van der Waals surface area contributed by atoms with Gasteiger partial charge < -0.3 is 5.32 Å². The van der Waals surface area contributed by atoms with Gasteiger partial charge in [0.15, 0.2) is 0 Å². The molecule has 0 amide bonds. The van der Waals surface area contributed by atoms with Gasteiger partial charge in [0.1, 0.15) is 0 Å². The van der Waals surface area contributed by atoms with Crippen LogP contribution in [0.1, 0.15) is 12.6 Å². The molecule has 2 rings (SSSR count). The molecular weight excluding hydrogens is 264 g/mol. The van der Waals surface area contributed by atoms with Gasteiger partial charge in [-0.1, -0.05) is 11.6 Å². The number of anilines is 1. The lowest BCUT2D eigenvalue weighted by atomic mass is 10.3. The van der Waals surface area contributed by atoms with E-state index in [1.807, 2.05) is 36.5 Å². The number of halogens is 1. The average Bonchev–Trinajstić information content (AvgIpc) is 2.39. The summed E-state index contributed by atoms with van der Waals surface area (Å²) in [5.41, 5.74) is 2.20. The Morgan fingerprint density at radius 3 is 2.72 bits per heavy atom. The van der Waals surface area contributed by atoms with Crippen LogP contribution in [-0.2, 0) is 5.75 Å². The van der Waals surface area contributed by atoms with Gasteiger partial charge in [0.05, 0.1) is 5.69 Å². The standard InChI is InChI=1S/C14H15ClN2S/c1-2-16-12-7-8-17-13(9-12)10-18-14-5-3-11(15)4-6-14/h3-9H,2,10H2,1H3,(H,16,17). The van der Waals surface area contributed by atoms with Crippen molar-refractivity contribution in [3.8, 4) is 0 Å². The van der Waals surface area contributed by atoms with Crippen LogP contribution >= 0.6 is 23.4 Å². The fourth-order valence-corrected chi connectivity index (χ4v) is 2.49. The molecule has 1 N–H and O–H groups in total. The number of nitrogens with one attached hydrogen (secondary N) is 1. The van der Waals surface area contributed by atoms with Crippen molar-refractivity contribution in [3.05, 3.63) is 53.3 Å². The number of hydrogen-bond donors (Lipinski definition) is 1. The second-order valence-electron chi connectivity index (χ2n) is 3.81. The summed E-state index contributed by atoms with van der Waals surface area (Å²) in [4.78, 5) is 5.57. The second kappa shape index (κ2) is 6.66. The molecule has 2 nitrogen and oxygen atoms in total. The van der Waals surface area contributed by atoms with E-state index in [0.29, 0.717) is 0 Å². The molecule has 94 valence electrons. The summed E-state index contributed by atoms with van der Waals surface area (Å²) in [6.07, 6.45) is 1.84. The van der Waals surface area contributed by atoms with E-state index in [9.17, 15) is 0 Å². The Balaban J connectivity index is 1.97. The van der Waals surface area contributed by atoms with Crippen molar-refractivity contribution in [3.63, 3.8) is 0 Å². The van der Waals surface area contributed by atoms with Gasteiger partial charge in [0, 0.05) is 34.1 Å². The molecule has 1 aromatic heterocycles. The van der Waals surface area contributed by atoms with Crippen LogP contribution in [0.3, 0.4) is 0 Å². The zero-order chi connectivity index (χ0) is 12.8. The molecule has 0 aliphatic heterocycles. The molecule has 2 aromatic rings. The summed E-state index contributed by atoms with van der Waals surface area (Å²) < 4.78 is 0. The highest BCUT2D eigenvalue weighted by molar-refractivity contribution is 7.98. The van der Waals surface area contributed by atoms with Crippen molar-refractivity contribution < 1.29 is 0 Å². The Labute approximate surface area is 117 Å². The van der Waals surface area contributed by atoms with E-state index in [4.69, 9.17) is 11.6 Å². The minimum Gasteiger partial charge on any atom is -0.385 e. The van der Waals surface area contributed by atoms with Crippen LogP contribution in [0.2, 0.25) is 5.02 Å². The van der Waals surface area contributed by atoms with E-state index in [1.54, 1.807) is 11.8 Å². The van der Waals surface area contributed by atoms with Crippen molar-refractivity contribution >= 4 is 29.1 Å². The lowest BCUT2D eigenvalue weighted by Gasteiger charge is -2.05. The van der Waals surface area contributed by atoms with Gasteiger partial charge in [0.2, 0.25) is 0 Å². The fourth-order valence-electron chi connectivity index (χ4n) is 1.56. The molecule has 0 saturated heterocycles. The smallest absolute Gasteiger partial charge is 0.0526 e. The Morgan fingerprint density at radius 2 is 2.00 bits per heavy atom. The van der Waals surface area contributed by atoms with Crippen LogP contribution < -0.4 is 5.32 Å². The van der Waals surface area contributed by atoms with Crippen molar-refractivity contribution in [1.82, 2.24) is 4.98 Å². The van der Waals surface area contributed by atoms with Gasteiger partial charge in [-0.2, -0.15) is 0 Å². The number of pyridine rings is 1. The van der Waals surface area contributed by atoms with E-state index in [0.717, 1.165) is 28.7 Å². The SMILES string of the molecule is CCNc1ccnc(CSc2ccc(Cl)cc2)c1. The lowest BCUT2D eigenvalue weighted by Crippen LogP contribution is -1.97. The zero-order valence-electron chi connectivity index (χ0n) is 10.2. The van der Waals surface area contributed by atoms with Gasteiger partial charge >= 0.3 is 0 Å². The molecule has 1 aromatic carbocycles. The first-order valence-electron chi connectivity index (χ1n) is 5.85. The number of thioether (sulfide) groups is 1. The molecule has 0 atom stereocenters. The monoisotopic (exact) mass is 278 g/mol. The first-order chi connectivity index (χ1) is 8.78. The maximum Gasteiger partial charge on any atom is 0.0526 e. The fraction of sp³-hybridized carbons (Fsp3) is 0.214. The highest BCUT2D eigenvalue weighted by Crippen LogP contribution is 2.24.